The zero-order chi connectivity index (χ0) is 20.4. The molecule has 0 spiro atoms. The van der Waals surface area contributed by atoms with Crippen LogP contribution in [0.3, 0.4) is 0 Å². The summed E-state index contributed by atoms with van der Waals surface area (Å²) in [5, 5.41) is 0. The maximum atomic E-state index is 13.0. The van der Waals surface area contributed by atoms with E-state index in [0.717, 1.165) is 13.0 Å². The fourth-order valence-corrected chi connectivity index (χ4v) is 4.92. The molecule has 0 radical (unpaired) electrons. The highest BCUT2D eigenvalue weighted by Crippen LogP contribution is 2.36. The van der Waals surface area contributed by atoms with Crippen LogP contribution in [0.25, 0.3) is 0 Å². The molecule has 5 heteroatoms. The van der Waals surface area contributed by atoms with E-state index in [1.165, 1.54) is 19.3 Å². The Morgan fingerprint density at radius 1 is 1.11 bits per heavy atom. The predicted octanol–water partition coefficient (Wildman–Crippen LogP) is 3.70. The molecule has 0 aromatic rings. The van der Waals surface area contributed by atoms with Crippen LogP contribution in [0.5, 0.6) is 0 Å². The van der Waals surface area contributed by atoms with Crippen LogP contribution in [0.4, 0.5) is 0 Å². The van der Waals surface area contributed by atoms with Gasteiger partial charge in [0.1, 0.15) is 12.0 Å². The van der Waals surface area contributed by atoms with Crippen LogP contribution >= 0.6 is 0 Å². The summed E-state index contributed by atoms with van der Waals surface area (Å²) in [6, 6.07) is 0.225. The third-order valence-electron chi connectivity index (χ3n) is 6.83. The van der Waals surface area contributed by atoms with Gasteiger partial charge < -0.3 is 9.47 Å². The number of hydrogen-bond donors (Lipinski definition) is 0. The number of rotatable bonds is 2. The van der Waals surface area contributed by atoms with E-state index in [0.29, 0.717) is 24.9 Å². The average Bonchev–Trinajstić information content (AvgIpc) is 2.54. The van der Waals surface area contributed by atoms with Gasteiger partial charge in [0.15, 0.2) is 5.78 Å². The van der Waals surface area contributed by atoms with Gasteiger partial charge in [-0.1, -0.05) is 20.3 Å². The zero-order valence-electron chi connectivity index (χ0n) is 18.3. The standard InChI is InChI=1S/C22H39NO4/c1-15-11-22(5,26-7)12-16(2)19(24)21(3,4)20(25)27-14-18(23(6)13-15)17-9-8-10-17/h15-18H,8-14H2,1-7H3/t15-,16-,18+,22-/m1/s1. The van der Waals surface area contributed by atoms with E-state index in [1.54, 1.807) is 21.0 Å². The van der Waals surface area contributed by atoms with Crippen molar-refractivity contribution in [1.29, 1.82) is 0 Å². The number of Topliss-reactive ketones (excluding diaryl/α,β-unsaturated/α-hetero) is 1. The molecule has 1 aliphatic heterocycles. The molecule has 1 saturated carbocycles. The molecule has 0 unspecified atom stereocenters. The van der Waals surface area contributed by atoms with Crippen molar-refractivity contribution in [3.8, 4) is 0 Å². The van der Waals surface area contributed by atoms with Gasteiger partial charge in [-0.15, -0.1) is 0 Å². The Labute approximate surface area is 165 Å². The minimum Gasteiger partial charge on any atom is -0.463 e. The lowest BCUT2D eigenvalue weighted by atomic mass is 9.76. The van der Waals surface area contributed by atoms with E-state index in [4.69, 9.17) is 9.47 Å². The van der Waals surface area contributed by atoms with Gasteiger partial charge >= 0.3 is 5.97 Å². The van der Waals surface area contributed by atoms with Crippen LogP contribution in [0.2, 0.25) is 0 Å². The van der Waals surface area contributed by atoms with E-state index < -0.39 is 11.4 Å². The second kappa shape index (κ2) is 8.60. The lowest BCUT2D eigenvalue weighted by molar-refractivity contribution is -0.162. The molecule has 1 aliphatic carbocycles. The Morgan fingerprint density at radius 3 is 2.26 bits per heavy atom. The average molecular weight is 382 g/mol. The Bertz CT molecular complexity index is 542. The summed E-state index contributed by atoms with van der Waals surface area (Å²) in [4.78, 5) is 28.2. The molecule has 156 valence electrons. The summed E-state index contributed by atoms with van der Waals surface area (Å²) in [5.74, 6) is 0.284. The summed E-state index contributed by atoms with van der Waals surface area (Å²) >= 11 is 0. The summed E-state index contributed by atoms with van der Waals surface area (Å²) in [7, 11) is 3.86. The van der Waals surface area contributed by atoms with E-state index >= 15 is 0 Å². The lowest BCUT2D eigenvalue weighted by Crippen LogP contribution is -2.47. The number of carbonyl (C=O) groups is 2. The number of carbonyl (C=O) groups excluding carboxylic acids is 2. The van der Waals surface area contributed by atoms with Gasteiger partial charge in [0, 0.05) is 25.6 Å². The Hall–Kier alpha value is -0.940. The molecule has 1 saturated heterocycles. The minimum atomic E-state index is -1.13. The van der Waals surface area contributed by atoms with Crippen LogP contribution < -0.4 is 0 Å². The topological polar surface area (TPSA) is 55.8 Å². The molecule has 5 nitrogen and oxygen atoms in total. The van der Waals surface area contributed by atoms with Gasteiger partial charge in [-0.05, 0) is 65.3 Å². The minimum absolute atomic E-state index is 0.0591. The van der Waals surface area contributed by atoms with E-state index in [2.05, 4.69) is 25.8 Å². The maximum Gasteiger partial charge on any atom is 0.319 e. The fraction of sp³-hybridized carbons (Fsp3) is 0.909. The van der Waals surface area contributed by atoms with Crippen molar-refractivity contribution < 1.29 is 19.1 Å². The van der Waals surface area contributed by atoms with Crippen molar-refractivity contribution in [3.63, 3.8) is 0 Å². The van der Waals surface area contributed by atoms with Crippen LogP contribution in [-0.2, 0) is 19.1 Å². The van der Waals surface area contributed by atoms with Crippen LogP contribution in [0.15, 0.2) is 0 Å². The second-order valence-electron chi connectivity index (χ2n) is 9.85. The van der Waals surface area contributed by atoms with Gasteiger partial charge in [-0.25, -0.2) is 0 Å². The summed E-state index contributed by atoms with van der Waals surface area (Å²) in [6.45, 7) is 10.9. The summed E-state index contributed by atoms with van der Waals surface area (Å²) < 4.78 is 11.6. The third-order valence-corrected chi connectivity index (χ3v) is 6.83. The molecular formula is C22H39NO4. The first kappa shape index (κ1) is 22.4. The number of methoxy groups -OCH3 is 1. The van der Waals surface area contributed by atoms with Crippen molar-refractivity contribution >= 4 is 11.8 Å². The molecule has 0 aromatic carbocycles. The van der Waals surface area contributed by atoms with E-state index in [1.807, 2.05) is 6.92 Å². The van der Waals surface area contributed by atoms with Crippen molar-refractivity contribution in [2.45, 2.75) is 78.4 Å². The van der Waals surface area contributed by atoms with E-state index in [-0.39, 0.29) is 23.3 Å². The molecule has 27 heavy (non-hydrogen) atoms. The van der Waals surface area contributed by atoms with Gasteiger partial charge in [0.25, 0.3) is 0 Å². The molecule has 2 rings (SSSR count). The van der Waals surface area contributed by atoms with Crippen molar-refractivity contribution in [2.24, 2.45) is 23.2 Å². The molecule has 2 aliphatic rings. The predicted molar refractivity (Wildman–Crippen MR) is 106 cm³/mol. The lowest BCUT2D eigenvalue weighted by Gasteiger charge is -2.41. The number of cyclic esters (lactones) is 1. The molecule has 4 atom stereocenters. The number of ether oxygens (including phenoxy) is 2. The normalized spacial score (nSPS) is 37.5. The van der Waals surface area contributed by atoms with Crippen molar-refractivity contribution in [2.75, 3.05) is 27.3 Å². The zero-order valence-corrected chi connectivity index (χ0v) is 18.3. The molecular weight excluding hydrogens is 342 g/mol. The molecule has 1 heterocycles. The monoisotopic (exact) mass is 381 g/mol. The number of likely N-dealkylation sites (N-methyl/N-ethyl adjacent to an activating group) is 1. The molecule has 0 amide bonds. The van der Waals surface area contributed by atoms with Gasteiger partial charge in [-0.3, -0.25) is 14.5 Å². The first-order valence-electron chi connectivity index (χ1n) is 10.5. The highest BCUT2D eigenvalue weighted by molar-refractivity contribution is 6.03. The molecule has 0 N–H and O–H groups in total. The summed E-state index contributed by atoms with van der Waals surface area (Å²) in [5.41, 5.74) is -1.51. The highest BCUT2D eigenvalue weighted by Gasteiger charge is 2.43. The first-order valence-corrected chi connectivity index (χ1v) is 10.5. The number of esters is 1. The van der Waals surface area contributed by atoms with Crippen LogP contribution in [0.1, 0.15) is 66.7 Å². The quantitative estimate of drug-likeness (QED) is 0.539. The highest BCUT2D eigenvalue weighted by atomic mass is 16.5. The first-order chi connectivity index (χ1) is 12.5. The molecule has 0 aromatic heterocycles. The maximum absolute atomic E-state index is 13.0. The smallest absolute Gasteiger partial charge is 0.319 e. The van der Waals surface area contributed by atoms with Gasteiger partial charge in [0.05, 0.1) is 5.60 Å². The SMILES string of the molecule is CO[C@]1(C)C[C@@H](C)CN(C)[C@H](C2CCC2)COC(=O)C(C)(C)C(=O)[C@H](C)C1. The Kier molecular flexibility index (Phi) is 7.12. The Morgan fingerprint density at radius 2 is 1.74 bits per heavy atom. The summed E-state index contributed by atoms with van der Waals surface area (Å²) in [6.07, 6.45) is 5.13. The third kappa shape index (κ3) is 5.11. The van der Waals surface area contributed by atoms with Crippen LogP contribution in [0, 0.1) is 23.2 Å². The fourth-order valence-electron chi connectivity index (χ4n) is 4.92. The van der Waals surface area contributed by atoms with Gasteiger partial charge in [-0.2, -0.15) is 0 Å². The van der Waals surface area contributed by atoms with Crippen molar-refractivity contribution in [1.82, 2.24) is 4.90 Å². The van der Waals surface area contributed by atoms with Crippen molar-refractivity contribution in [3.05, 3.63) is 0 Å². The van der Waals surface area contributed by atoms with Crippen LogP contribution in [-0.4, -0.2) is 55.6 Å². The second-order valence-corrected chi connectivity index (χ2v) is 9.85. The molecule has 0 bridgehead atoms. The number of hydrogen-bond acceptors (Lipinski definition) is 5. The number of ketones is 1. The van der Waals surface area contributed by atoms with Gasteiger partial charge in [0.2, 0.25) is 0 Å². The Balaban J connectivity index is 2.30. The largest absolute Gasteiger partial charge is 0.463 e. The van der Waals surface area contributed by atoms with E-state index in [9.17, 15) is 9.59 Å². The molecule has 2 fully saturated rings. The number of nitrogens with zero attached hydrogens (tertiary/aromatic N) is 1.